The smallest absolute Gasteiger partial charge is 0.249 e. The average Bonchev–Trinajstić information content (AvgIpc) is 3.24. The third-order valence-electron chi connectivity index (χ3n) is 12.1. The van der Waals surface area contributed by atoms with E-state index in [1.165, 1.54) is 180 Å². The van der Waals surface area contributed by atoms with Crippen LogP contribution in [0.4, 0.5) is 0 Å². The van der Waals surface area contributed by atoms with Gasteiger partial charge in [-0.1, -0.05) is 237 Å². The van der Waals surface area contributed by atoms with Crippen LogP contribution in [0.1, 0.15) is 264 Å². The van der Waals surface area contributed by atoms with Crippen molar-refractivity contribution in [3.05, 3.63) is 36.5 Å². The SMILES string of the molecule is CCCCC/C=C/CC/C=C/CC/C=C/CCCC(O)C(O)C(CO)NC(=O)C(O)CCCCCCCCCCCCCCCCCCCCCCCCCCCCC. The Kier molecular flexibility index (Phi) is 46.4. The molecule has 0 heterocycles. The summed E-state index contributed by atoms with van der Waals surface area (Å²) in [5.74, 6) is -0.596. The summed E-state index contributed by atoms with van der Waals surface area (Å²) in [7, 11) is 0. The Morgan fingerprint density at radius 2 is 0.712 bits per heavy atom. The third-order valence-corrected chi connectivity index (χ3v) is 12.1. The molecule has 4 atom stereocenters. The lowest BCUT2D eigenvalue weighted by Crippen LogP contribution is -2.53. The highest BCUT2D eigenvalue weighted by molar-refractivity contribution is 5.80. The molecule has 6 heteroatoms. The number of allylic oxidation sites excluding steroid dienone is 6. The minimum atomic E-state index is -1.29. The maximum atomic E-state index is 12.6. The van der Waals surface area contributed by atoms with Crippen molar-refractivity contribution in [1.29, 1.82) is 0 Å². The summed E-state index contributed by atoms with van der Waals surface area (Å²) >= 11 is 0. The lowest BCUT2D eigenvalue weighted by atomic mass is 10.00. The first kappa shape index (κ1) is 57.5. The van der Waals surface area contributed by atoms with E-state index in [4.69, 9.17) is 0 Å². The van der Waals surface area contributed by atoms with Crippen molar-refractivity contribution in [2.45, 2.75) is 289 Å². The number of aliphatic hydroxyl groups excluding tert-OH is 4. The lowest BCUT2D eigenvalue weighted by molar-refractivity contribution is -0.132. The summed E-state index contributed by atoms with van der Waals surface area (Å²) in [4.78, 5) is 12.6. The zero-order valence-corrected chi connectivity index (χ0v) is 39.3. The molecule has 4 unspecified atom stereocenters. The fourth-order valence-electron chi connectivity index (χ4n) is 7.97. The lowest BCUT2D eigenvalue weighted by Gasteiger charge is -2.27. The van der Waals surface area contributed by atoms with Gasteiger partial charge in [-0.3, -0.25) is 4.79 Å². The molecular formula is C53H101NO5. The monoisotopic (exact) mass is 832 g/mol. The second-order valence-corrected chi connectivity index (χ2v) is 17.8. The molecule has 0 aliphatic heterocycles. The number of hydrogen-bond donors (Lipinski definition) is 5. The standard InChI is InChI=1S/C53H101NO5/c1-3-5-7-9-11-13-15-17-19-21-22-23-24-25-26-27-28-29-30-31-33-35-37-39-41-43-45-47-51(57)53(59)54-49(48-55)52(58)50(56)46-44-42-40-38-36-34-32-20-18-16-14-12-10-8-6-4-2/h12,14,20,32,38,40,49-52,55-58H,3-11,13,15-19,21-31,33-37,39,41-48H2,1-2H3,(H,54,59)/b14-12+,32-20+,40-38+. The first-order valence-electron chi connectivity index (χ1n) is 25.9. The zero-order valence-electron chi connectivity index (χ0n) is 39.3. The minimum absolute atomic E-state index is 0.362. The Morgan fingerprint density at radius 3 is 1.07 bits per heavy atom. The maximum Gasteiger partial charge on any atom is 0.249 e. The van der Waals surface area contributed by atoms with Crippen LogP contribution in [0.5, 0.6) is 0 Å². The molecule has 0 spiro atoms. The number of carbonyl (C=O) groups excluding carboxylic acids is 1. The molecule has 0 aromatic carbocycles. The normalized spacial score (nSPS) is 14.2. The molecule has 1 amide bonds. The molecule has 5 N–H and O–H groups in total. The third kappa shape index (κ3) is 41.6. The van der Waals surface area contributed by atoms with Crippen molar-refractivity contribution in [3.8, 4) is 0 Å². The molecule has 0 fully saturated rings. The Labute approximate surface area is 367 Å². The van der Waals surface area contributed by atoms with Crippen molar-refractivity contribution in [2.75, 3.05) is 6.61 Å². The number of carbonyl (C=O) groups is 1. The van der Waals surface area contributed by atoms with Gasteiger partial charge in [-0.05, 0) is 64.2 Å². The van der Waals surface area contributed by atoms with Crippen molar-refractivity contribution in [1.82, 2.24) is 5.32 Å². The Morgan fingerprint density at radius 1 is 0.407 bits per heavy atom. The van der Waals surface area contributed by atoms with Crippen molar-refractivity contribution >= 4 is 5.91 Å². The van der Waals surface area contributed by atoms with E-state index in [1.807, 2.05) is 0 Å². The topological polar surface area (TPSA) is 110 Å². The Hall–Kier alpha value is -1.47. The van der Waals surface area contributed by atoms with Gasteiger partial charge in [-0.25, -0.2) is 0 Å². The van der Waals surface area contributed by atoms with Gasteiger partial charge in [0.1, 0.15) is 12.2 Å². The second-order valence-electron chi connectivity index (χ2n) is 17.8. The van der Waals surface area contributed by atoms with Gasteiger partial charge in [0.15, 0.2) is 0 Å². The van der Waals surface area contributed by atoms with Crippen LogP contribution in [0, 0.1) is 0 Å². The molecule has 0 aromatic rings. The first-order chi connectivity index (χ1) is 29.0. The minimum Gasteiger partial charge on any atom is -0.394 e. The van der Waals surface area contributed by atoms with Crippen LogP contribution in [0.25, 0.3) is 0 Å². The van der Waals surface area contributed by atoms with Crippen LogP contribution in [0.2, 0.25) is 0 Å². The van der Waals surface area contributed by atoms with Crippen molar-refractivity contribution in [3.63, 3.8) is 0 Å². The fourth-order valence-corrected chi connectivity index (χ4v) is 7.97. The molecule has 0 rings (SSSR count). The summed E-state index contributed by atoms with van der Waals surface area (Å²) in [6.07, 6.45) is 57.7. The Balaban J connectivity index is 3.66. The molecule has 348 valence electrons. The molecule has 0 aliphatic carbocycles. The molecule has 0 aromatic heterocycles. The molecule has 0 aliphatic rings. The van der Waals surface area contributed by atoms with E-state index >= 15 is 0 Å². The van der Waals surface area contributed by atoms with Crippen LogP contribution in [0.15, 0.2) is 36.5 Å². The fraction of sp³-hybridized carbons (Fsp3) is 0.868. The van der Waals surface area contributed by atoms with Crippen LogP contribution < -0.4 is 5.32 Å². The van der Waals surface area contributed by atoms with E-state index < -0.39 is 36.9 Å². The van der Waals surface area contributed by atoms with E-state index in [0.29, 0.717) is 19.3 Å². The van der Waals surface area contributed by atoms with Gasteiger partial charge in [0.2, 0.25) is 5.91 Å². The van der Waals surface area contributed by atoms with Gasteiger partial charge in [0.05, 0.1) is 18.8 Å². The van der Waals surface area contributed by atoms with Gasteiger partial charge in [-0.2, -0.15) is 0 Å². The first-order valence-corrected chi connectivity index (χ1v) is 25.9. The zero-order chi connectivity index (χ0) is 43.1. The van der Waals surface area contributed by atoms with Crippen molar-refractivity contribution in [2.24, 2.45) is 0 Å². The summed E-state index contributed by atoms with van der Waals surface area (Å²) in [6.45, 7) is 4.02. The van der Waals surface area contributed by atoms with Gasteiger partial charge in [-0.15, -0.1) is 0 Å². The highest BCUT2D eigenvalue weighted by atomic mass is 16.3. The van der Waals surface area contributed by atoms with Crippen molar-refractivity contribution < 1.29 is 25.2 Å². The molecule has 0 radical (unpaired) electrons. The van der Waals surface area contributed by atoms with E-state index in [1.54, 1.807) is 0 Å². The highest BCUT2D eigenvalue weighted by Gasteiger charge is 2.28. The number of hydrogen-bond acceptors (Lipinski definition) is 5. The summed E-state index contributed by atoms with van der Waals surface area (Å²) in [5, 5.41) is 43.8. The molecular weight excluding hydrogens is 731 g/mol. The number of nitrogens with one attached hydrogen (secondary N) is 1. The second kappa shape index (κ2) is 47.6. The van der Waals surface area contributed by atoms with Gasteiger partial charge in [0, 0.05) is 0 Å². The molecule has 0 saturated carbocycles. The van der Waals surface area contributed by atoms with Gasteiger partial charge in [0.25, 0.3) is 0 Å². The molecule has 59 heavy (non-hydrogen) atoms. The van der Waals surface area contributed by atoms with Crippen LogP contribution in [-0.4, -0.2) is 57.3 Å². The van der Waals surface area contributed by atoms with Crippen LogP contribution >= 0.6 is 0 Å². The maximum absolute atomic E-state index is 12.6. The quantitative estimate of drug-likeness (QED) is 0.0310. The summed E-state index contributed by atoms with van der Waals surface area (Å²) in [5.41, 5.74) is 0. The Bertz CT molecular complexity index is 935. The van der Waals surface area contributed by atoms with Crippen LogP contribution in [-0.2, 0) is 4.79 Å². The number of unbranched alkanes of at least 4 members (excludes halogenated alkanes) is 32. The largest absolute Gasteiger partial charge is 0.394 e. The summed E-state index contributed by atoms with van der Waals surface area (Å²) in [6, 6.07) is -1.01. The van der Waals surface area contributed by atoms with E-state index in [2.05, 4.69) is 55.6 Å². The van der Waals surface area contributed by atoms with Gasteiger partial charge >= 0.3 is 0 Å². The molecule has 0 saturated heterocycles. The van der Waals surface area contributed by atoms with Crippen LogP contribution in [0.3, 0.4) is 0 Å². The van der Waals surface area contributed by atoms with Gasteiger partial charge < -0.3 is 25.7 Å². The predicted molar refractivity (Wildman–Crippen MR) is 256 cm³/mol. The van der Waals surface area contributed by atoms with E-state index in [0.717, 1.165) is 51.4 Å². The number of aliphatic hydroxyl groups is 4. The number of amides is 1. The number of rotatable bonds is 47. The summed E-state index contributed by atoms with van der Waals surface area (Å²) < 4.78 is 0. The molecule has 6 nitrogen and oxygen atoms in total. The van der Waals surface area contributed by atoms with E-state index in [9.17, 15) is 25.2 Å². The molecule has 0 bridgehead atoms. The highest BCUT2D eigenvalue weighted by Crippen LogP contribution is 2.17. The average molecular weight is 832 g/mol. The predicted octanol–water partition coefficient (Wildman–Crippen LogP) is 14.5. The van der Waals surface area contributed by atoms with E-state index in [-0.39, 0.29) is 0 Å².